The second kappa shape index (κ2) is 7.95. The van der Waals surface area contributed by atoms with E-state index in [9.17, 15) is 4.79 Å². The van der Waals surface area contributed by atoms with Crippen molar-refractivity contribution in [3.8, 4) is 0 Å². The molecule has 5 nitrogen and oxygen atoms in total. The van der Waals surface area contributed by atoms with Gasteiger partial charge in [-0.05, 0) is 12.0 Å². The first-order valence-electron chi connectivity index (χ1n) is 6.58. The average Bonchev–Trinajstić information content (AvgIpc) is 2.97. The number of nitrogens with zero attached hydrogens (tertiary/aromatic N) is 1. The summed E-state index contributed by atoms with van der Waals surface area (Å²) in [5, 5.41) is 7.35. The van der Waals surface area contributed by atoms with Crippen LogP contribution in [0.1, 0.15) is 21.8 Å². The van der Waals surface area contributed by atoms with Crippen molar-refractivity contribution in [2.24, 2.45) is 0 Å². The second-order valence-electron chi connectivity index (χ2n) is 4.63. The third-order valence-electron chi connectivity index (χ3n) is 2.92. The third kappa shape index (κ3) is 4.68. The SMILES string of the molecule is COCc1cc(C(=O)NC(CBr)Cc2ccccc2)no1. The van der Waals surface area contributed by atoms with Crippen molar-refractivity contribution in [1.29, 1.82) is 0 Å². The Kier molecular flexibility index (Phi) is 5.95. The molecule has 1 amide bonds. The van der Waals surface area contributed by atoms with E-state index >= 15 is 0 Å². The molecule has 1 aromatic carbocycles. The molecule has 21 heavy (non-hydrogen) atoms. The Morgan fingerprint density at radius 3 is 2.86 bits per heavy atom. The van der Waals surface area contributed by atoms with Crippen molar-refractivity contribution in [3.63, 3.8) is 0 Å². The summed E-state index contributed by atoms with van der Waals surface area (Å²) in [6.45, 7) is 0.298. The van der Waals surface area contributed by atoms with Gasteiger partial charge in [0.2, 0.25) is 0 Å². The summed E-state index contributed by atoms with van der Waals surface area (Å²) in [5.41, 5.74) is 1.43. The first kappa shape index (κ1) is 15.7. The maximum atomic E-state index is 12.1. The molecule has 1 unspecified atom stereocenters. The van der Waals surface area contributed by atoms with Gasteiger partial charge in [0, 0.05) is 24.5 Å². The molecule has 0 saturated carbocycles. The van der Waals surface area contributed by atoms with Gasteiger partial charge in [-0.25, -0.2) is 0 Å². The number of alkyl halides is 1. The summed E-state index contributed by atoms with van der Waals surface area (Å²) in [6.07, 6.45) is 0.751. The van der Waals surface area contributed by atoms with Crippen molar-refractivity contribution < 1.29 is 14.1 Å². The highest BCUT2D eigenvalue weighted by Gasteiger charge is 2.17. The first-order chi connectivity index (χ1) is 10.2. The molecule has 1 atom stereocenters. The van der Waals surface area contributed by atoms with Crippen LogP contribution in [0.3, 0.4) is 0 Å². The average molecular weight is 353 g/mol. The predicted molar refractivity (Wildman–Crippen MR) is 82.4 cm³/mol. The number of benzene rings is 1. The van der Waals surface area contributed by atoms with Gasteiger partial charge in [-0.1, -0.05) is 51.4 Å². The molecule has 6 heteroatoms. The summed E-state index contributed by atoms with van der Waals surface area (Å²) in [4.78, 5) is 12.1. The quantitative estimate of drug-likeness (QED) is 0.777. The molecule has 0 aliphatic carbocycles. The van der Waals surface area contributed by atoms with Crippen LogP contribution < -0.4 is 5.32 Å². The second-order valence-corrected chi connectivity index (χ2v) is 5.27. The van der Waals surface area contributed by atoms with E-state index in [0.717, 1.165) is 6.42 Å². The van der Waals surface area contributed by atoms with E-state index in [1.165, 1.54) is 5.56 Å². The lowest BCUT2D eigenvalue weighted by molar-refractivity contribution is 0.0931. The molecule has 0 fully saturated rings. The van der Waals surface area contributed by atoms with Gasteiger partial charge in [0.1, 0.15) is 6.61 Å². The molecule has 0 spiro atoms. The molecule has 0 aliphatic heterocycles. The first-order valence-corrected chi connectivity index (χ1v) is 7.70. The lowest BCUT2D eigenvalue weighted by Gasteiger charge is -2.15. The summed E-state index contributed by atoms with van der Waals surface area (Å²) in [7, 11) is 1.56. The van der Waals surface area contributed by atoms with Crippen LogP contribution in [0.5, 0.6) is 0 Å². The van der Waals surface area contributed by atoms with Crippen LogP contribution in [-0.2, 0) is 17.8 Å². The Morgan fingerprint density at radius 1 is 1.43 bits per heavy atom. The molecule has 2 aromatic rings. The Morgan fingerprint density at radius 2 is 2.19 bits per heavy atom. The zero-order valence-electron chi connectivity index (χ0n) is 11.7. The standard InChI is InChI=1S/C15H17BrN2O3/c1-20-10-13-8-14(18-21-13)15(19)17-12(9-16)7-11-5-3-2-4-6-11/h2-6,8,12H,7,9-10H2,1H3,(H,17,19). The molecule has 0 radical (unpaired) electrons. The minimum Gasteiger partial charge on any atom is -0.377 e. The smallest absolute Gasteiger partial charge is 0.273 e. The lowest BCUT2D eigenvalue weighted by Crippen LogP contribution is -2.37. The van der Waals surface area contributed by atoms with Crippen LogP contribution >= 0.6 is 15.9 Å². The highest BCUT2D eigenvalue weighted by atomic mass is 79.9. The zero-order chi connectivity index (χ0) is 15.1. The summed E-state index contributed by atoms with van der Waals surface area (Å²) in [5.74, 6) is 0.280. The van der Waals surface area contributed by atoms with Crippen molar-refractivity contribution in [2.45, 2.75) is 19.1 Å². The molecule has 0 saturated heterocycles. The summed E-state index contributed by atoms with van der Waals surface area (Å²) >= 11 is 3.43. The van der Waals surface area contributed by atoms with Crippen LogP contribution in [0.15, 0.2) is 40.9 Å². The lowest BCUT2D eigenvalue weighted by atomic mass is 10.1. The van der Waals surface area contributed by atoms with E-state index < -0.39 is 0 Å². The van der Waals surface area contributed by atoms with E-state index in [1.807, 2.05) is 30.3 Å². The largest absolute Gasteiger partial charge is 0.377 e. The number of hydrogen-bond acceptors (Lipinski definition) is 4. The van der Waals surface area contributed by atoms with Gasteiger partial charge < -0.3 is 14.6 Å². The maximum absolute atomic E-state index is 12.1. The number of hydrogen-bond donors (Lipinski definition) is 1. The molecular weight excluding hydrogens is 336 g/mol. The number of methoxy groups -OCH3 is 1. The Balaban J connectivity index is 1.95. The molecule has 0 bridgehead atoms. The van der Waals surface area contributed by atoms with Crippen molar-refractivity contribution in [1.82, 2.24) is 10.5 Å². The zero-order valence-corrected chi connectivity index (χ0v) is 13.3. The number of carbonyl (C=O) groups is 1. The van der Waals surface area contributed by atoms with E-state index in [4.69, 9.17) is 9.26 Å². The van der Waals surface area contributed by atoms with E-state index in [2.05, 4.69) is 26.4 Å². The van der Waals surface area contributed by atoms with Crippen molar-refractivity contribution >= 4 is 21.8 Å². The van der Waals surface area contributed by atoms with E-state index in [-0.39, 0.29) is 17.6 Å². The number of halogens is 1. The van der Waals surface area contributed by atoms with Crippen LogP contribution in [0.4, 0.5) is 0 Å². The van der Waals surface area contributed by atoms with Gasteiger partial charge >= 0.3 is 0 Å². The monoisotopic (exact) mass is 352 g/mol. The van der Waals surface area contributed by atoms with Gasteiger partial charge in [-0.15, -0.1) is 0 Å². The number of nitrogens with one attached hydrogen (secondary N) is 1. The molecule has 1 heterocycles. The van der Waals surface area contributed by atoms with Crippen molar-refractivity contribution in [3.05, 3.63) is 53.4 Å². The van der Waals surface area contributed by atoms with E-state index in [0.29, 0.717) is 17.7 Å². The predicted octanol–water partition coefficient (Wildman–Crippen LogP) is 2.56. The molecular formula is C15H17BrN2O3. The molecule has 0 aliphatic rings. The molecule has 1 aromatic heterocycles. The fraction of sp³-hybridized carbons (Fsp3) is 0.333. The third-order valence-corrected chi connectivity index (χ3v) is 3.71. The Bertz CT molecular complexity index is 571. The number of carbonyl (C=O) groups excluding carboxylic acids is 1. The fourth-order valence-corrected chi connectivity index (χ4v) is 2.32. The highest BCUT2D eigenvalue weighted by Crippen LogP contribution is 2.08. The van der Waals surface area contributed by atoms with Crippen LogP contribution in [-0.4, -0.2) is 29.5 Å². The fourth-order valence-electron chi connectivity index (χ4n) is 1.93. The number of amides is 1. The van der Waals surface area contributed by atoms with Crippen LogP contribution in [0.2, 0.25) is 0 Å². The molecule has 112 valence electrons. The highest BCUT2D eigenvalue weighted by molar-refractivity contribution is 9.09. The van der Waals surface area contributed by atoms with Gasteiger partial charge in [-0.2, -0.15) is 0 Å². The normalized spacial score (nSPS) is 12.1. The van der Waals surface area contributed by atoms with Gasteiger partial charge in [0.25, 0.3) is 5.91 Å². The van der Waals surface area contributed by atoms with Crippen LogP contribution in [0.25, 0.3) is 0 Å². The van der Waals surface area contributed by atoms with Crippen molar-refractivity contribution in [2.75, 3.05) is 12.4 Å². The molecule has 2 rings (SSSR count). The Hall–Kier alpha value is -1.66. The topological polar surface area (TPSA) is 64.4 Å². The minimum absolute atomic E-state index is 0.0116. The van der Waals surface area contributed by atoms with Gasteiger partial charge in [0.15, 0.2) is 11.5 Å². The summed E-state index contributed by atoms with van der Waals surface area (Å²) < 4.78 is 9.94. The summed E-state index contributed by atoms with van der Waals surface area (Å²) in [6, 6.07) is 11.6. The molecule has 1 N–H and O–H groups in total. The van der Waals surface area contributed by atoms with Gasteiger partial charge in [0.05, 0.1) is 0 Å². The van der Waals surface area contributed by atoms with Gasteiger partial charge in [-0.3, -0.25) is 4.79 Å². The van der Waals surface area contributed by atoms with Crippen LogP contribution in [0, 0.1) is 0 Å². The minimum atomic E-state index is -0.249. The maximum Gasteiger partial charge on any atom is 0.273 e. The number of ether oxygens (including phenoxy) is 1. The van der Waals surface area contributed by atoms with E-state index in [1.54, 1.807) is 13.2 Å². The number of aromatic nitrogens is 1. The Labute approximate surface area is 131 Å². The number of rotatable bonds is 7.